The van der Waals surface area contributed by atoms with Crippen LogP contribution in [0.5, 0.6) is 0 Å². The summed E-state index contributed by atoms with van der Waals surface area (Å²) < 4.78 is 1.80. The van der Waals surface area contributed by atoms with Gasteiger partial charge >= 0.3 is 0 Å². The number of hydrogen-bond donors (Lipinski definition) is 2. The van der Waals surface area contributed by atoms with Crippen LogP contribution in [0.25, 0.3) is 0 Å². The largest absolute Gasteiger partial charge is 0.394 e. The number of aromatic nitrogens is 2. The van der Waals surface area contributed by atoms with Gasteiger partial charge in [0, 0.05) is 25.3 Å². The molecule has 0 aromatic carbocycles. The van der Waals surface area contributed by atoms with E-state index in [-0.39, 0.29) is 12.1 Å². The lowest BCUT2D eigenvalue weighted by Gasteiger charge is -2.27. The minimum Gasteiger partial charge on any atom is -0.394 e. The molecule has 0 bridgehead atoms. The van der Waals surface area contributed by atoms with Crippen molar-refractivity contribution in [3.8, 4) is 0 Å². The van der Waals surface area contributed by atoms with Crippen LogP contribution in [0.4, 0.5) is 0 Å². The van der Waals surface area contributed by atoms with Crippen LogP contribution in [0.3, 0.4) is 0 Å². The molecule has 1 aliphatic rings. The summed E-state index contributed by atoms with van der Waals surface area (Å²) in [6.45, 7) is 0.987. The summed E-state index contributed by atoms with van der Waals surface area (Å²) in [6, 6.07) is 2.01. The van der Waals surface area contributed by atoms with E-state index in [1.165, 1.54) is 12.8 Å². The van der Waals surface area contributed by atoms with Crippen LogP contribution in [0, 0.1) is 0 Å². The van der Waals surface area contributed by atoms with Crippen LogP contribution in [-0.2, 0) is 13.6 Å². The molecule has 0 spiro atoms. The first-order valence-corrected chi connectivity index (χ1v) is 5.59. The first-order valence-electron chi connectivity index (χ1n) is 5.59. The van der Waals surface area contributed by atoms with E-state index >= 15 is 0 Å². The highest BCUT2D eigenvalue weighted by atomic mass is 16.3. The van der Waals surface area contributed by atoms with Crippen molar-refractivity contribution in [1.82, 2.24) is 15.1 Å². The van der Waals surface area contributed by atoms with Crippen molar-refractivity contribution in [2.24, 2.45) is 7.05 Å². The Morgan fingerprint density at radius 2 is 2.27 bits per heavy atom. The van der Waals surface area contributed by atoms with Gasteiger partial charge < -0.3 is 10.4 Å². The Balaban J connectivity index is 1.91. The number of aryl methyl sites for hydroxylation is 1. The first kappa shape index (κ1) is 10.6. The van der Waals surface area contributed by atoms with Gasteiger partial charge in [-0.2, -0.15) is 5.10 Å². The normalized spacial score (nSPS) is 19.6. The lowest BCUT2D eigenvalue weighted by atomic mass is 9.99. The average molecular weight is 209 g/mol. The van der Waals surface area contributed by atoms with E-state index in [0.29, 0.717) is 0 Å². The molecule has 0 atom stereocenters. The number of hydrogen-bond acceptors (Lipinski definition) is 3. The van der Waals surface area contributed by atoms with Gasteiger partial charge in [0.05, 0.1) is 12.3 Å². The molecule has 1 aromatic heterocycles. The molecular formula is C11H19N3O. The van der Waals surface area contributed by atoms with E-state index in [2.05, 4.69) is 10.4 Å². The molecule has 1 aliphatic carbocycles. The third-order valence-corrected chi connectivity index (χ3v) is 3.28. The maximum absolute atomic E-state index is 9.41. The SMILES string of the molecule is Cn1ccc(CNC2(CO)CCCC2)n1. The number of nitrogens with zero attached hydrogens (tertiary/aromatic N) is 2. The fourth-order valence-corrected chi connectivity index (χ4v) is 2.28. The average Bonchev–Trinajstić information content (AvgIpc) is 2.85. The summed E-state index contributed by atoms with van der Waals surface area (Å²) in [7, 11) is 1.92. The molecule has 1 aromatic rings. The fraction of sp³-hybridized carbons (Fsp3) is 0.727. The number of aliphatic hydroxyl groups is 1. The van der Waals surface area contributed by atoms with Crippen molar-refractivity contribution >= 4 is 0 Å². The van der Waals surface area contributed by atoms with Crippen LogP contribution in [-0.4, -0.2) is 27.0 Å². The second-order valence-electron chi connectivity index (χ2n) is 4.48. The van der Waals surface area contributed by atoms with Gasteiger partial charge in [-0.25, -0.2) is 0 Å². The Morgan fingerprint density at radius 3 is 2.80 bits per heavy atom. The molecule has 0 unspecified atom stereocenters. The first-order chi connectivity index (χ1) is 7.24. The quantitative estimate of drug-likeness (QED) is 0.771. The third-order valence-electron chi connectivity index (χ3n) is 3.28. The lowest BCUT2D eigenvalue weighted by Crippen LogP contribution is -2.45. The summed E-state index contributed by atoms with van der Waals surface area (Å²) in [6.07, 6.45) is 6.54. The number of rotatable bonds is 4. The van der Waals surface area contributed by atoms with Gasteiger partial charge in [-0.1, -0.05) is 12.8 Å². The van der Waals surface area contributed by atoms with Crippen LogP contribution >= 0.6 is 0 Å². The Bertz CT molecular complexity index is 315. The van der Waals surface area contributed by atoms with Crippen molar-refractivity contribution < 1.29 is 5.11 Å². The number of aliphatic hydroxyl groups excluding tert-OH is 1. The molecule has 1 heterocycles. The van der Waals surface area contributed by atoms with Crippen LogP contribution in [0.2, 0.25) is 0 Å². The topological polar surface area (TPSA) is 50.1 Å². The highest BCUT2D eigenvalue weighted by Crippen LogP contribution is 2.29. The van der Waals surface area contributed by atoms with Crippen molar-refractivity contribution in [3.63, 3.8) is 0 Å². The Kier molecular flexibility index (Phi) is 3.07. The van der Waals surface area contributed by atoms with E-state index in [0.717, 1.165) is 25.1 Å². The van der Waals surface area contributed by atoms with E-state index in [4.69, 9.17) is 0 Å². The van der Waals surface area contributed by atoms with Crippen LogP contribution in [0.1, 0.15) is 31.4 Å². The molecule has 4 nitrogen and oxygen atoms in total. The van der Waals surface area contributed by atoms with Crippen LogP contribution < -0.4 is 5.32 Å². The zero-order chi connectivity index (χ0) is 10.7. The zero-order valence-electron chi connectivity index (χ0n) is 9.24. The Hall–Kier alpha value is -0.870. The molecule has 0 aliphatic heterocycles. The van der Waals surface area contributed by atoms with Gasteiger partial charge in [-0.05, 0) is 18.9 Å². The zero-order valence-corrected chi connectivity index (χ0v) is 9.24. The highest BCUT2D eigenvalue weighted by molar-refractivity contribution is 5.01. The monoisotopic (exact) mass is 209 g/mol. The van der Waals surface area contributed by atoms with Gasteiger partial charge in [0.25, 0.3) is 0 Å². The van der Waals surface area contributed by atoms with Crippen molar-refractivity contribution in [3.05, 3.63) is 18.0 Å². The molecule has 0 saturated heterocycles. The van der Waals surface area contributed by atoms with E-state index in [1.54, 1.807) is 4.68 Å². The number of nitrogens with one attached hydrogen (secondary N) is 1. The minimum atomic E-state index is -0.0441. The van der Waals surface area contributed by atoms with E-state index < -0.39 is 0 Å². The molecule has 4 heteroatoms. The highest BCUT2D eigenvalue weighted by Gasteiger charge is 2.32. The maximum Gasteiger partial charge on any atom is 0.0762 e. The molecule has 84 valence electrons. The van der Waals surface area contributed by atoms with Crippen molar-refractivity contribution in [1.29, 1.82) is 0 Å². The van der Waals surface area contributed by atoms with Gasteiger partial charge in [0.2, 0.25) is 0 Å². The molecule has 0 amide bonds. The molecule has 0 radical (unpaired) electrons. The molecule has 2 N–H and O–H groups in total. The molecular weight excluding hydrogens is 190 g/mol. The van der Waals surface area contributed by atoms with Gasteiger partial charge in [0.1, 0.15) is 0 Å². The molecule has 1 saturated carbocycles. The summed E-state index contributed by atoms with van der Waals surface area (Å²) >= 11 is 0. The minimum absolute atomic E-state index is 0.0441. The summed E-state index contributed by atoms with van der Waals surface area (Å²) in [5.74, 6) is 0. The predicted octanol–water partition coefficient (Wildman–Crippen LogP) is 0.815. The van der Waals surface area contributed by atoms with E-state index in [1.807, 2.05) is 19.3 Å². The summed E-state index contributed by atoms with van der Waals surface area (Å²) in [5.41, 5.74) is 0.995. The molecule has 2 rings (SSSR count). The summed E-state index contributed by atoms with van der Waals surface area (Å²) in [5, 5.41) is 17.2. The predicted molar refractivity (Wildman–Crippen MR) is 58.3 cm³/mol. The standard InChI is InChI=1S/C11H19N3O/c1-14-7-4-10(13-14)8-12-11(9-15)5-2-3-6-11/h4,7,12,15H,2-3,5-6,8-9H2,1H3. The van der Waals surface area contributed by atoms with Crippen LogP contribution in [0.15, 0.2) is 12.3 Å². The Labute approximate surface area is 90.3 Å². The van der Waals surface area contributed by atoms with Crippen molar-refractivity contribution in [2.45, 2.75) is 37.8 Å². The van der Waals surface area contributed by atoms with Gasteiger partial charge in [0.15, 0.2) is 0 Å². The fourth-order valence-electron chi connectivity index (χ4n) is 2.28. The molecule has 1 fully saturated rings. The Morgan fingerprint density at radius 1 is 1.53 bits per heavy atom. The van der Waals surface area contributed by atoms with Crippen molar-refractivity contribution in [2.75, 3.05) is 6.61 Å². The van der Waals surface area contributed by atoms with Gasteiger partial charge in [-0.3, -0.25) is 4.68 Å². The molecule has 15 heavy (non-hydrogen) atoms. The second-order valence-corrected chi connectivity index (χ2v) is 4.48. The van der Waals surface area contributed by atoms with E-state index in [9.17, 15) is 5.11 Å². The summed E-state index contributed by atoms with van der Waals surface area (Å²) in [4.78, 5) is 0. The lowest BCUT2D eigenvalue weighted by molar-refractivity contribution is 0.162. The third kappa shape index (κ3) is 2.38. The second kappa shape index (κ2) is 4.33. The van der Waals surface area contributed by atoms with Gasteiger partial charge in [-0.15, -0.1) is 0 Å². The smallest absolute Gasteiger partial charge is 0.0762 e. The maximum atomic E-state index is 9.41.